The van der Waals surface area contributed by atoms with Crippen molar-refractivity contribution in [1.82, 2.24) is 25.6 Å². The third-order valence-corrected chi connectivity index (χ3v) is 7.78. The summed E-state index contributed by atoms with van der Waals surface area (Å²) in [4.78, 5) is 27.3. The van der Waals surface area contributed by atoms with E-state index in [2.05, 4.69) is 25.9 Å². The van der Waals surface area contributed by atoms with Gasteiger partial charge in [-0.15, -0.1) is 11.3 Å². The van der Waals surface area contributed by atoms with Crippen LogP contribution < -0.4 is 16.0 Å². The monoisotopic (exact) mass is 508 g/mol. The number of thiophene rings is 1. The van der Waals surface area contributed by atoms with Crippen LogP contribution in [0.4, 0.5) is 5.69 Å². The van der Waals surface area contributed by atoms with Crippen LogP contribution in [0.15, 0.2) is 30.3 Å². The third kappa shape index (κ3) is 4.45. The first-order valence-corrected chi connectivity index (χ1v) is 13.0. The van der Waals surface area contributed by atoms with E-state index in [1.807, 2.05) is 31.2 Å². The van der Waals surface area contributed by atoms with Crippen molar-refractivity contribution in [3.63, 3.8) is 0 Å². The maximum absolute atomic E-state index is 12.7. The largest absolute Gasteiger partial charge is 0.381 e. The van der Waals surface area contributed by atoms with Crippen LogP contribution in [0.1, 0.15) is 35.3 Å². The van der Waals surface area contributed by atoms with Crippen molar-refractivity contribution in [2.45, 2.75) is 38.5 Å². The van der Waals surface area contributed by atoms with E-state index >= 15 is 0 Å². The molecule has 0 spiro atoms. The van der Waals surface area contributed by atoms with Gasteiger partial charge in [0.05, 0.1) is 28.7 Å². The Kier molecular flexibility index (Phi) is 6.01. The van der Waals surface area contributed by atoms with E-state index in [1.54, 1.807) is 6.07 Å². The Morgan fingerprint density at radius 3 is 2.83 bits per heavy atom. The molecule has 0 radical (unpaired) electrons. The number of hydrogen-bond acceptors (Lipinski definition) is 8. The molecule has 2 aliphatic heterocycles. The van der Waals surface area contributed by atoms with E-state index in [0.717, 1.165) is 52.6 Å². The lowest BCUT2D eigenvalue weighted by Crippen LogP contribution is -2.34. The Morgan fingerprint density at radius 2 is 1.97 bits per heavy atom. The van der Waals surface area contributed by atoms with Gasteiger partial charge in [-0.25, -0.2) is 15.0 Å². The second-order valence-corrected chi connectivity index (χ2v) is 10.5. The highest BCUT2D eigenvalue weighted by molar-refractivity contribution is 7.21. The first kappa shape index (κ1) is 22.6. The standard InChI is InChI=1S/C25H25ClN6O2S/c1-13-11-28-23-22-15-2-3-17(30-16(15)4-5-19(22)35-24(23)25(33)29-13)18-10-20(26)32-21(31-18)12-34-14-6-8-27-9-7-14/h2-5,10,13-14,27-28H,6-9,11-12H2,1H3,(H,29,33)/t13-/m1/s1. The molecule has 10 heteroatoms. The van der Waals surface area contributed by atoms with Crippen molar-refractivity contribution in [2.24, 2.45) is 0 Å². The highest BCUT2D eigenvalue weighted by Crippen LogP contribution is 2.41. The molecule has 0 aliphatic carbocycles. The average molecular weight is 509 g/mol. The number of fused-ring (bicyclic) bond motifs is 5. The summed E-state index contributed by atoms with van der Waals surface area (Å²) >= 11 is 7.84. The third-order valence-electron chi connectivity index (χ3n) is 6.43. The summed E-state index contributed by atoms with van der Waals surface area (Å²) in [6.07, 6.45) is 2.17. The van der Waals surface area contributed by atoms with Crippen LogP contribution in [0.3, 0.4) is 0 Å². The van der Waals surface area contributed by atoms with Crippen LogP contribution in [-0.4, -0.2) is 52.6 Å². The number of nitrogens with one attached hydrogen (secondary N) is 3. The summed E-state index contributed by atoms with van der Waals surface area (Å²) in [5.41, 5.74) is 3.09. The molecule has 0 bridgehead atoms. The van der Waals surface area contributed by atoms with Gasteiger partial charge in [-0.05, 0) is 57.1 Å². The maximum atomic E-state index is 12.7. The lowest BCUT2D eigenvalue weighted by atomic mass is 10.1. The van der Waals surface area contributed by atoms with E-state index in [-0.39, 0.29) is 18.1 Å². The quantitative estimate of drug-likeness (QED) is 0.352. The Hall–Kier alpha value is -2.85. The van der Waals surface area contributed by atoms with Gasteiger partial charge in [0.25, 0.3) is 5.91 Å². The lowest BCUT2D eigenvalue weighted by Gasteiger charge is -2.22. The summed E-state index contributed by atoms with van der Waals surface area (Å²) in [6.45, 7) is 4.92. The van der Waals surface area contributed by atoms with Gasteiger partial charge in [0.2, 0.25) is 0 Å². The number of hydrogen-bond donors (Lipinski definition) is 3. The van der Waals surface area contributed by atoms with Crippen molar-refractivity contribution in [3.05, 3.63) is 46.2 Å². The lowest BCUT2D eigenvalue weighted by molar-refractivity contribution is 0.0178. The van der Waals surface area contributed by atoms with Gasteiger partial charge >= 0.3 is 0 Å². The molecule has 1 fully saturated rings. The van der Waals surface area contributed by atoms with Gasteiger partial charge in [0, 0.05) is 34.1 Å². The maximum Gasteiger partial charge on any atom is 0.263 e. The fourth-order valence-corrected chi connectivity index (χ4v) is 5.98. The van der Waals surface area contributed by atoms with Crippen LogP contribution >= 0.6 is 22.9 Å². The second-order valence-electron chi connectivity index (χ2n) is 9.02. The normalized spacial score (nSPS) is 18.8. The molecule has 35 heavy (non-hydrogen) atoms. The number of halogens is 1. The first-order valence-electron chi connectivity index (χ1n) is 11.8. The molecule has 180 valence electrons. The number of pyridine rings is 1. The second kappa shape index (κ2) is 9.31. The number of rotatable bonds is 4. The van der Waals surface area contributed by atoms with Gasteiger partial charge in [-0.3, -0.25) is 4.79 Å². The zero-order chi connectivity index (χ0) is 23.9. The Labute approximate surface area is 211 Å². The number of anilines is 1. The first-order chi connectivity index (χ1) is 17.0. The smallest absolute Gasteiger partial charge is 0.263 e. The molecule has 3 N–H and O–H groups in total. The number of amides is 1. The zero-order valence-corrected chi connectivity index (χ0v) is 20.8. The molecule has 4 aromatic rings. The Bertz CT molecular complexity index is 1430. The van der Waals surface area contributed by atoms with Gasteiger partial charge < -0.3 is 20.7 Å². The minimum atomic E-state index is -0.0358. The summed E-state index contributed by atoms with van der Waals surface area (Å²) in [5, 5.41) is 12.2. The van der Waals surface area contributed by atoms with Gasteiger partial charge in [0.1, 0.15) is 16.6 Å². The number of piperidine rings is 1. The SMILES string of the molecule is C[C@@H]1CNc2c(sc3ccc4nc(-c5cc(Cl)nc(COC6CCNCC6)n5)ccc4c23)C(=O)N1. The van der Waals surface area contributed by atoms with Crippen LogP contribution in [0, 0.1) is 0 Å². The Balaban J connectivity index is 1.35. The van der Waals surface area contributed by atoms with E-state index in [0.29, 0.717) is 40.4 Å². The highest BCUT2D eigenvalue weighted by Gasteiger charge is 2.25. The van der Waals surface area contributed by atoms with Crippen LogP contribution in [0.2, 0.25) is 5.15 Å². The minimum Gasteiger partial charge on any atom is -0.381 e. The van der Waals surface area contributed by atoms with Crippen molar-refractivity contribution in [3.8, 4) is 11.4 Å². The number of aromatic nitrogens is 3. The average Bonchev–Trinajstić information content (AvgIpc) is 3.19. The van der Waals surface area contributed by atoms with E-state index in [1.165, 1.54) is 11.3 Å². The summed E-state index contributed by atoms with van der Waals surface area (Å²) in [5.74, 6) is 0.516. The molecule has 8 nitrogen and oxygen atoms in total. The highest BCUT2D eigenvalue weighted by atomic mass is 35.5. The molecule has 2 aliphatic rings. The number of carbonyl (C=O) groups excluding carboxylic acids is 1. The molecule has 0 unspecified atom stereocenters. The molecule has 1 amide bonds. The predicted molar refractivity (Wildman–Crippen MR) is 139 cm³/mol. The number of benzene rings is 1. The number of ether oxygens (including phenoxy) is 1. The summed E-state index contributed by atoms with van der Waals surface area (Å²) < 4.78 is 7.07. The van der Waals surface area contributed by atoms with Gasteiger partial charge in [-0.1, -0.05) is 11.6 Å². The fraction of sp³-hybridized carbons (Fsp3) is 0.360. The summed E-state index contributed by atoms with van der Waals surface area (Å²) in [7, 11) is 0. The minimum absolute atomic E-state index is 0.0358. The molecular weight excluding hydrogens is 484 g/mol. The Morgan fingerprint density at radius 1 is 1.11 bits per heavy atom. The zero-order valence-electron chi connectivity index (χ0n) is 19.2. The molecule has 6 rings (SSSR count). The number of carbonyl (C=O) groups is 1. The molecule has 3 aromatic heterocycles. The topological polar surface area (TPSA) is 101 Å². The van der Waals surface area contributed by atoms with Crippen molar-refractivity contribution in [1.29, 1.82) is 0 Å². The fourth-order valence-electron chi connectivity index (χ4n) is 4.68. The van der Waals surface area contributed by atoms with E-state index < -0.39 is 0 Å². The van der Waals surface area contributed by atoms with Crippen LogP contribution in [-0.2, 0) is 11.3 Å². The molecule has 0 saturated carbocycles. The van der Waals surface area contributed by atoms with Crippen LogP contribution in [0.5, 0.6) is 0 Å². The summed E-state index contributed by atoms with van der Waals surface area (Å²) in [6, 6.07) is 9.79. The predicted octanol–water partition coefficient (Wildman–Crippen LogP) is 4.37. The van der Waals surface area contributed by atoms with Gasteiger partial charge in [-0.2, -0.15) is 0 Å². The van der Waals surface area contributed by atoms with E-state index in [9.17, 15) is 4.79 Å². The molecule has 5 heterocycles. The van der Waals surface area contributed by atoms with Crippen molar-refractivity contribution < 1.29 is 9.53 Å². The molecule has 1 saturated heterocycles. The molecular formula is C25H25ClN6O2S. The van der Waals surface area contributed by atoms with E-state index in [4.69, 9.17) is 21.3 Å². The van der Waals surface area contributed by atoms with Crippen molar-refractivity contribution >= 4 is 55.5 Å². The van der Waals surface area contributed by atoms with Crippen LogP contribution in [0.25, 0.3) is 32.4 Å². The number of nitrogens with zero attached hydrogens (tertiary/aromatic N) is 3. The van der Waals surface area contributed by atoms with Gasteiger partial charge in [0.15, 0.2) is 5.82 Å². The molecule has 1 atom stereocenters. The van der Waals surface area contributed by atoms with Crippen molar-refractivity contribution in [2.75, 3.05) is 25.0 Å². The molecule has 1 aromatic carbocycles.